The second kappa shape index (κ2) is 8.72. The molecule has 4 atom stereocenters. The van der Waals surface area contributed by atoms with Crippen LogP contribution in [0.2, 0.25) is 0 Å². The van der Waals surface area contributed by atoms with Gasteiger partial charge in [0.2, 0.25) is 0 Å². The Morgan fingerprint density at radius 3 is 2.79 bits per heavy atom. The van der Waals surface area contributed by atoms with Crippen LogP contribution in [0, 0.1) is 0 Å². The number of benzene rings is 1. The first-order valence-corrected chi connectivity index (χ1v) is 11.0. The van der Waals surface area contributed by atoms with Crippen LogP contribution in [-0.4, -0.2) is 71.5 Å². The van der Waals surface area contributed by atoms with E-state index in [1.807, 2.05) is 13.0 Å². The molecule has 2 amide bonds. The highest BCUT2D eigenvalue weighted by atomic mass is 16.7. The van der Waals surface area contributed by atoms with Crippen molar-refractivity contribution in [1.29, 1.82) is 0 Å². The summed E-state index contributed by atoms with van der Waals surface area (Å²) in [6.07, 6.45) is 0.428. The minimum Gasteiger partial charge on any atom is -0.394 e. The van der Waals surface area contributed by atoms with Gasteiger partial charge in [0.15, 0.2) is 23.8 Å². The molecule has 1 fully saturated rings. The number of imide groups is 1. The third-order valence-corrected chi connectivity index (χ3v) is 6.14. The van der Waals surface area contributed by atoms with Crippen LogP contribution in [0.3, 0.4) is 0 Å². The van der Waals surface area contributed by atoms with E-state index in [0.29, 0.717) is 28.2 Å². The number of imidazole rings is 1. The molecular formula is C22H24N6O6. The van der Waals surface area contributed by atoms with E-state index in [4.69, 9.17) is 15.3 Å². The van der Waals surface area contributed by atoms with Crippen molar-refractivity contribution in [2.24, 2.45) is 0 Å². The number of amides is 2. The standard InChI is InChI=1S/C22H24N6O6/c1-2-3-5-11-6-4-7-12-14(11)21(32)28(20(12)31)34-17-16(30)13(8-29)33-22(17)27-10-26-15-18(23)24-9-25-19(15)27/h4,6-7,9-10,13,16-17,22,29-30H,2-3,5,8H2,1H3,(H2,23,24,25)/t13-,16-,17-,22-/m1/s1. The predicted octanol–water partition coefficient (Wildman–Crippen LogP) is 0.598. The second-order valence-corrected chi connectivity index (χ2v) is 8.24. The summed E-state index contributed by atoms with van der Waals surface area (Å²) in [5, 5.41) is 21.2. The third kappa shape index (κ3) is 3.42. The molecule has 4 heterocycles. The minimum atomic E-state index is -1.35. The van der Waals surface area contributed by atoms with Crippen molar-refractivity contribution in [2.75, 3.05) is 12.3 Å². The number of nitrogen functional groups attached to an aromatic ring is 1. The first-order valence-electron chi connectivity index (χ1n) is 11.0. The molecule has 2 aliphatic heterocycles. The number of hydrogen-bond acceptors (Lipinski definition) is 10. The summed E-state index contributed by atoms with van der Waals surface area (Å²) < 4.78 is 7.27. The number of hydroxylamine groups is 2. The number of nitrogens with zero attached hydrogens (tertiary/aromatic N) is 5. The number of carbonyl (C=O) groups is 2. The van der Waals surface area contributed by atoms with Gasteiger partial charge in [0.05, 0.1) is 24.1 Å². The summed E-state index contributed by atoms with van der Waals surface area (Å²) in [6, 6.07) is 5.13. The Labute approximate surface area is 193 Å². The number of aromatic nitrogens is 4. The molecule has 34 heavy (non-hydrogen) atoms. The third-order valence-electron chi connectivity index (χ3n) is 6.14. The van der Waals surface area contributed by atoms with Gasteiger partial charge in [0, 0.05) is 0 Å². The summed E-state index contributed by atoms with van der Waals surface area (Å²) in [6.45, 7) is 1.54. The molecule has 0 spiro atoms. The first-order chi connectivity index (χ1) is 16.5. The number of anilines is 1. The summed E-state index contributed by atoms with van der Waals surface area (Å²) in [5.41, 5.74) is 7.80. The fourth-order valence-corrected chi connectivity index (χ4v) is 4.39. The molecule has 0 saturated carbocycles. The maximum absolute atomic E-state index is 13.2. The van der Waals surface area contributed by atoms with Crippen molar-refractivity contribution in [3.8, 4) is 0 Å². The molecule has 5 rings (SSSR count). The molecular weight excluding hydrogens is 444 g/mol. The van der Waals surface area contributed by atoms with Crippen molar-refractivity contribution >= 4 is 28.8 Å². The molecule has 4 N–H and O–H groups in total. The second-order valence-electron chi connectivity index (χ2n) is 8.24. The monoisotopic (exact) mass is 468 g/mol. The van der Waals surface area contributed by atoms with E-state index in [-0.39, 0.29) is 11.4 Å². The Bertz CT molecular complexity index is 1260. The van der Waals surface area contributed by atoms with E-state index >= 15 is 0 Å². The average molecular weight is 468 g/mol. The molecule has 12 heteroatoms. The summed E-state index contributed by atoms with van der Waals surface area (Å²) in [7, 11) is 0. The number of aliphatic hydroxyl groups excluding tert-OH is 2. The van der Waals surface area contributed by atoms with E-state index < -0.39 is 43.0 Å². The summed E-state index contributed by atoms with van der Waals surface area (Å²) >= 11 is 0. The predicted molar refractivity (Wildman–Crippen MR) is 117 cm³/mol. The van der Waals surface area contributed by atoms with E-state index in [9.17, 15) is 19.8 Å². The topological polar surface area (TPSA) is 166 Å². The molecule has 0 aliphatic carbocycles. The number of carbonyl (C=O) groups excluding carboxylic acids is 2. The Kier molecular flexibility index (Phi) is 5.73. The van der Waals surface area contributed by atoms with Gasteiger partial charge in [-0.1, -0.05) is 25.5 Å². The molecule has 12 nitrogen and oxygen atoms in total. The van der Waals surface area contributed by atoms with Crippen molar-refractivity contribution in [3.05, 3.63) is 47.5 Å². The fraction of sp³-hybridized carbons (Fsp3) is 0.409. The van der Waals surface area contributed by atoms with Crippen molar-refractivity contribution in [1.82, 2.24) is 24.6 Å². The molecule has 0 radical (unpaired) electrons. The van der Waals surface area contributed by atoms with Gasteiger partial charge in [-0.05, 0) is 24.5 Å². The number of hydrogen-bond donors (Lipinski definition) is 3. The maximum atomic E-state index is 13.2. The zero-order valence-electron chi connectivity index (χ0n) is 18.4. The number of aliphatic hydroxyl groups is 2. The highest BCUT2D eigenvalue weighted by Gasteiger charge is 2.50. The average Bonchev–Trinajstić information content (AvgIpc) is 3.48. The van der Waals surface area contributed by atoms with E-state index in [2.05, 4.69) is 15.0 Å². The van der Waals surface area contributed by atoms with Gasteiger partial charge in [-0.25, -0.2) is 15.0 Å². The molecule has 1 aromatic carbocycles. The Balaban J connectivity index is 1.48. The van der Waals surface area contributed by atoms with E-state index in [1.54, 1.807) is 12.1 Å². The molecule has 2 aromatic heterocycles. The lowest BCUT2D eigenvalue weighted by molar-refractivity contribution is -0.177. The van der Waals surface area contributed by atoms with Crippen LogP contribution < -0.4 is 5.73 Å². The maximum Gasteiger partial charge on any atom is 0.286 e. The molecule has 178 valence electrons. The number of aryl methyl sites for hydroxylation is 1. The zero-order chi connectivity index (χ0) is 24.0. The van der Waals surface area contributed by atoms with Crippen LogP contribution in [-0.2, 0) is 16.0 Å². The Morgan fingerprint density at radius 2 is 2.03 bits per heavy atom. The number of rotatable bonds is 7. The van der Waals surface area contributed by atoms with Crippen molar-refractivity contribution < 1.29 is 29.4 Å². The van der Waals surface area contributed by atoms with Crippen LogP contribution >= 0.6 is 0 Å². The Hall–Kier alpha value is -3.45. The normalized spacial score (nSPS) is 24.4. The van der Waals surface area contributed by atoms with Crippen LogP contribution in [0.25, 0.3) is 11.2 Å². The van der Waals surface area contributed by atoms with Crippen LogP contribution in [0.1, 0.15) is 52.3 Å². The van der Waals surface area contributed by atoms with Gasteiger partial charge in [0.25, 0.3) is 11.8 Å². The molecule has 3 aromatic rings. The zero-order valence-corrected chi connectivity index (χ0v) is 18.4. The molecule has 1 saturated heterocycles. The lowest BCUT2D eigenvalue weighted by Crippen LogP contribution is -2.43. The van der Waals surface area contributed by atoms with Crippen LogP contribution in [0.15, 0.2) is 30.9 Å². The Morgan fingerprint density at radius 1 is 1.21 bits per heavy atom. The summed E-state index contributed by atoms with van der Waals surface area (Å²) in [5.74, 6) is -1.08. The SMILES string of the molecule is CCCCc1cccc2c1C(=O)N(O[C@@H]1[C@H](O)[C@@H](CO)O[C@H]1n1cnc3c(N)ncnc31)C2=O. The van der Waals surface area contributed by atoms with Gasteiger partial charge in [-0.2, -0.15) is 0 Å². The fourth-order valence-electron chi connectivity index (χ4n) is 4.39. The number of nitrogens with two attached hydrogens (primary N) is 1. The van der Waals surface area contributed by atoms with Gasteiger partial charge in [-0.15, -0.1) is 5.06 Å². The molecule has 2 aliphatic rings. The van der Waals surface area contributed by atoms with Gasteiger partial charge < -0.3 is 20.7 Å². The van der Waals surface area contributed by atoms with Gasteiger partial charge >= 0.3 is 0 Å². The van der Waals surface area contributed by atoms with Crippen LogP contribution in [0.4, 0.5) is 5.82 Å². The number of ether oxygens (including phenoxy) is 1. The highest BCUT2D eigenvalue weighted by molar-refractivity contribution is 6.21. The lowest BCUT2D eigenvalue weighted by Gasteiger charge is -2.25. The van der Waals surface area contributed by atoms with Crippen molar-refractivity contribution in [2.45, 2.75) is 50.7 Å². The first kappa shape index (κ1) is 22.3. The van der Waals surface area contributed by atoms with Crippen LogP contribution in [0.5, 0.6) is 0 Å². The van der Waals surface area contributed by atoms with E-state index in [0.717, 1.165) is 18.4 Å². The van der Waals surface area contributed by atoms with Gasteiger partial charge in [-0.3, -0.25) is 19.0 Å². The highest BCUT2D eigenvalue weighted by Crippen LogP contribution is 2.36. The number of fused-ring (bicyclic) bond motifs is 2. The quantitative estimate of drug-likeness (QED) is 0.418. The molecule has 0 unspecified atom stereocenters. The minimum absolute atomic E-state index is 0.151. The largest absolute Gasteiger partial charge is 0.394 e. The lowest BCUT2D eigenvalue weighted by atomic mass is 9.98. The molecule has 0 bridgehead atoms. The summed E-state index contributed by atoms with van der Waals surface area (Å²) in [4.78, 5) is 44.4. The van der Waals surface area contributed by atoms with Gasteiger partial charge in [0.1, 0.15) is 24.1 Å². The smallest absolute Gasteiger partial charge is 0.286 e. The number of unbranched alkanes of at least 4 members (excludes halogenated alkanes) is 1. The van der Waals surface area contributed by atoms with Crippen molar-refractivity contribution in [3.63, 3.8) is 0 Å². The van der Waals surface area contributed by atoms with E-state index in [1.165, 1.54) is 17.2 Å².